The molecule has 0 radical (unpaired) electrons. The number of aryl methyl sites for hydroxylation is 2. The number of carbonyl (C=O) groups is 1. The third kappa shape index (κ3) is 2.78. The van der Waals surface area contributed by atoms with E-state index < -0.39 is 0 Å². The van der Waals surface area contributed by atoms with Gasteiger partial charge in [0.15, 0.2) is 5.78 Å². The highest BCUT2D eigenvalue weighted by Gasteiger charge is 2.06. The monoisotopic (exact) mass is 232 g/mol. The fraction of sp³-hybridized carbons (Fsp3) is 0.231. The summed E-state index contributed by atoms with van der Waals surface area (Å²) in [6, 6.07) is 5.63. The molecule has 0 saturated heterocycles. The van der Waals surface area contributed by atoms with Crippen molar-refractivity contribution in [1.82, 2.24) is 9.55 Å². The maximum atomic E-state index is 12.7. The van der Waals surface area contributed by atoms with Crippen LogP contribution in [0.1, 0.15) is 22.6 Å². The predicted molar refractivity (Wildman–Crippen MR) is 62.3 cm³/mol. The molecule has 0 aliphatic heterocycles. The lowest BCUT2D eigenvalue weighted by Crippen LogP contribution is -2.06. The summed E-state index contributed by atoms with van der Waals surface area (Å²) in [7, 11) is 0. The van der Waals surface area contributed by atoms with Gasteiger partial charge >= 0.3 is 0 Å². The molecule has 0 bridgehead atoms. The second-order valence-electron chi connectivity index (χ2n) is 3.85. The Bertz CT molecular complexity index is 516. The smallest absolute Gasteiger partial charge is 0.164 e. The van der Waals surface area contributed by atoms with E-state index >= 15 is 0 Å². The van der Waals surface area contributed by atoms with Gasteiger partial charge in [-0.15, -0.1) is 0 Å². The van der Waals surface area contributed by atoms with Crippen LogP contribution >= 0.6 is 0 Å². The van der Waals surface area contributed by atoms with E-state index in [-0.39, 0.29) is 11.6 Å². The van der Waals surface area contributed by atoms with Crippen LogP contribution in [0.3, 0.4) is 0 Å². The number of Topliss-reactive ketones (excluding diaryl/α,β-unsaturated/α-hetero) is 1. The number of aromatic nitrogens is 2. The molecule has 0 unspecified atom stereocenters. The standard InChI is InChI=1S/C13H13FN2O/c1-10-15-7-9-16(10)8-6-13(17)11-2-4-12(14)5-3-11/h2-5,7,9H,6,8H2,1H3. The van der Waals surface area contributed by atoms with Crippen LogP contribution in [0.4, 0.5) is 4.39 Å². The molecule has 2 aromatic rings. The van der Waals surface area contributed by atoms with Crippen molar-refractivity contribution in [3.63, 3.8) is 0 Å². The minimum absolute atomic E-state index is 0.0121. The highest BCUT2D eigenvalue weighted by molar-refractivity contribution is 5.95. The molecule has 0 N–H and O–H groups in total. The van der Waals surface area contributed by atoms with Crippen LogP contribution < -0.4 is 0 Å². The Morgan fingerprint density at radius 1 is 1.35 bits per heavy atom. The van der Waals surface area contributed by atoms with Crippen molar-refractivity contribution in [1.29, 1.82) is 0 Å². The van der Waals surface area contributed by atoms with Crippen molar-refractivity contribution >= 4 is 5.78 Å². The largest absolute Gasteiger partial charge is 0.335 e. The van der Waals surface area contributed by atoms with Crippen molar-refractivity contribution < 1.29 is 9.18 Å². The Hall–Kier alpha value is -1.97. The minimum atomic E-state index is -0.327. The van der Waals surface area contributed by atoms with Crippen molar-refractivity contribution in [2.24, 2.45) is 0 Å². The van der Waals surface area contributed by atoms with Gasteiger partial charge in [0.2, 0.25) is 0 Å². The molecule has 1 heterocycles. The SMILES string of the molecule is Cc1nccn1CCC(=O)c1ccc(F)cc1. The average molecular weight is 232 g/mol. The van der Waals surface area contributed by atoms with Gasteiger partial charge in [0.1, 0.15) is 11.6 Å². The zero-order valence-electron chi connectivity index (χ0n) is 9.56. The zero-order chi connectivity index (χ0) is 12.3. The highest BCUT2D eigenvalue weighted by atomic mass is 19.1. The first-order valence-electron chi connectivity index (χ1n) is 5.43. The van der Waals surface area contributed by atoms with Gasteiger partial charge in [0.25, 0.3) is 0 Å². The summed E-state index contributed by atoms with van der Waals surface area (Å²) in [6.07, 6.45) is 3.94. The number of ketones is 1. The van der Waals surface area contributed by atoms with Gasteiger partial charge in [-0.25, -0.2) is 9.37 Å². The molecular weight excluding hydrogens is 219 g/mol. The first kappa shape index (κ1) is 11.5. The molecule has 3 nitrogen and oxygen atoms in total. The third-order valence-corrected chi connectivity index (χ3v) is 2.67. The summed E-state index contributed by atoms with van der Waals surface area (Å²) in [4.78, 5) is 15.9. The fourth-order valence-corrected chi connectivity index (χ4v) is 1.64. The molecule has 0 amide bonds. The van der Waals surface area contributed by atoms with Crippen LogP contribution in [0, 0.1) is 12.7 Å². The maximum absolute atomic E-state index is 12.7. The summed E-state index contributed by atoms with van der Waals surface area (Å²) in [5.41, 5.74) is 0.546. The van der Waals surface area contributed by atoms with E-state index in [1.807, 2.05) is 17.7 Å². The van der Waals surface area contributed by atoms with Gasteiger partial charge in [-0.3, -0.25) is 4.79 Å². The number of benzene rings is 1. The second kappa shape index (κ2) is 4.91. The van der Waals surface area contributed by atoms with Crippen LogP contribution in [-0.4, -0.2) is 15.3 Å². The van der Waals surface area contributed by atoms with Crippen LogP contribution in [0.15, 0.2) is 36.7 Å². The Morgan fingerprint density at radius 2 is 2.06 bits per heavy atom. The first-order valence-corrected chi connectivity index (χ1v) is 5.43. The summed E-state index contributed by atoms with van der Waals surface area (Å²) < 4.78 is 14.6. The van der Waals surface area contributed by atoms with Crippen molar-refractivity contribution in [2.45, 2.75) is 19.9 Å². The zero-order valence-corrected chi connectivity index (χ0v) is 9.56. The molecule has 0 saturated carbocycles. The molecule has 0 spiro atoms. The number of rotatable bonds is 4. The Kier molecular flexibility index (Phi) is 3.32. The van der Waals surface area contributed by atoms with Crippen molar-refractivity contribution in [3.05, 3.63) is 53.9 Å². The number of halogens is 1. The highest BCUT2D eigenvalue weighted by Crippen LogP contribution is 2.07. The number of carbonyl (C=O) groups excluding carboxylic acids is 1. The van der Waals surface area contributed by atoms with E-state index in [0.717, 1.165) is 5.82 Å². The van der Waals surface area contributed by atoms with Gasteiger partial charge in [-0.05, 0) is 31.2 Å². The van der Waals surface area contributed by atoms with Gasteiger partial charge in [0, 0.05) is 30.9 Å². The summed E-state index contributed by atoms with van der Waals surface area (Å²) in [5.74, 6) is 0.571. The van der Waals surface area contributed by atoms with E-state index in [1.54, 1.807) is 6.20 Å². The van der Waals surface area contributed by atoms with Crippen LogP contribution in [0.25, 0.3) is 0 Å². The molecule has 4 heteroatoms. The Morgan fingerprint density at radius 3 is 2.65 bits per heavy atom. The summed E-state index contributed by atoms with van der Waals surface area (Å²) in [6.45, 7) is 2.49. The normalized spacial score (nSPS) is 10.5. The van der Waals surface area contributed by atoms with E-state index in [0.29, 0.717) is 18.5 Å². The number of hydrogen-bond donors (Lipinski definition) is 0. The van der Waals surface area contributed by atoms with E-state index in [1.165, 1.54) is 24.3 Å². The summed E-state index contributed by atoms with van der Waals surface area (Å²) >= 11 is 0. The lowest BCUT2D eigenvalue weighted by atomic mass is 10.1. The quantitative estimate of drug-likeness (QED) is 0.759. The van der Waals surface area contributed by atoms with Gasteiger partial charge in [-0.2, -0.15) is 0 Å². The summed E-state index contributed by atoms with van der Waals surface area (Å²) in [5, 5.41) is 0. The lowest BCUT2D eigenvalue weighted by molar-refractivity contribution is 0.0977. The van der Waals surface area contributed by atoms with Crippen LogP contribution in [-0.2, 0) is 6.54 Å². The molecule has 2 rings (SSSR count). The number of nitrogens with zero attached hydrogens (tertiary/aromatic N) is 2. The molecule has 0 atom stereocenters. The van der Waals surface area contributed by atoms with Gasteiger partial charge < -0.3 is 4.57 Å². The molecule has 1 aromatic carbocycles. The fourth-order valence-electron chi connectivity index (χ4n) is 1.64. The predicted octanol–water partition coefficient (Wildman–Crippen LogP) is 2.60. The van der Waals surface area contributed by atoms with E-state index in [9.17, 15) is 9.18 Å². The lowest BCUT2D eigenvalue weighted by Gasteiger charge is -2.04. The molecular formula is C13H13FN2O. The Labute approximate surface area is 98.9 Å². The topological polar surface area (TPSA) is 34.9 Å². The molecule has 88 valence electrons. The number of hydrogen-bond acceptors (Lipinski definition) is 2. The molecule has 0 aliphatic carbocycles. The van der Waals surface area contributed by atoms with Crippen LogP contribution in [0.2, 0.25) is 0 Å². The molecule has 0 fully saturated rings. The van der Waals surface area contributed by atoms with E-state index in [2.05, 4.69) is 4.98 Å². The maximum Gasteiger partial charge on any atom is 0.164 e. The Balaban J connectivity index is 1.98. The van der Waals surface area contributed by atoms with Crippen LogP contribution in [0.5, 0.6) is 0 Å². The molecule has 1 aromatic heterocycles. The van der Waals surface area contributed by atoms with Crippen molar-refractivity contribution in [2.75, 3.05) is 0 Å². The third-order valence-electron chi connectivity index (χ3n) is 2.67. The minimum Gasteiger partial charge on any atom is -0.335 e. The number of imidazole rings is 1. The molecule has 17 heavy (non-hydrogen) atoms. The van der Waals surface area contributed by atoms with Gasteiger partial charge in [0.05, 0.1) is 0 Å². The van der Waals surface area contributed by atoms with E-state index in [4.69, 9.17) is 0 Å². The second-order valence-corrected chi connectivity index (χ2v) is 3.85. The molecule has 0 aliphatic rings. The van der Waals surface area contributed by atoms with Gasteiger partial charge in [-0.1, -0.05) is 0 Å². The first-order chi connectivity index (χ1) is 8.16. The average Bonchev–Trinajstić information content (AvgIpc) is 2.73. The van der Waals surface area contributed by atoms with Crippen molar-refractivity contribution in [3.8, 4) is 0 Å².